The smallest absolute Gasteiger partial charge is 0.409 e. The molecule has 3 rings (SSSR count). The molecule has 2 unspecified atom stereocenters. The molecule has 0 saturated heterocycles. The Kier molecular flexibility index (Phi) is 8.84. The second-order valence-electron chi connectivity index (χ2n) is 9.05. The van der Waals surface area contributed by atoms with E-state index in [-0.39, 0.29) is 17.6 Å². The van der Waals surface area contributed by atoms with E-state index < -0.39 is 29.9 Å². The van der Waals surface area contributed by atoms with Crippen molar-refractivity contribution in [3.8, 4) is 0 Å². The molecule has 0 aliphatic heterocycles. The summed E-state index contributed by atoms with van der Waals surface area (Å²) in [6.07, 6.45) is 4.27. The van der Waals surface area contributed by atoms with Gasteiger partial charge in [0.05, 0.1) is 7.11 Å². The van der Waals surface area contributed by atoms with Gasteiger partial charge >= 0.3 is 6.09 Å². The fourth-order valence-corrected chi connectivity index (χ4v) is 4.52. The number of methoxy groups -OCH3 is 1. The lowest BCUT2D eigenvalue weighted by atomic mass is 9.93. The first-order valence-corrected chi connectivity index (χ1v) is 12.0. The third-order valence-corrected chi connectivity index (χ3v) is 6.67. The molecule has 1 N–H and O–H groups in total. The summed E-state index contributed by atoms with van der Waals surface area (Å²) < 4.78 is 19.1. The van der Waals surface area contributed by atoms with Crippen LogP contribution in [0.3, 0.4) is 0 Å². The Morgan fingerprint density at radius 1 is 1.06 bits per heavy atom. The van der Waals surface area contributed by atoms with Gasteiger partial charge in [0, 0.05) is 18.8 Å². The number of ether oxygens (including phenoxy) is 1. The molecule has 188 valence electrons. The highest BCUT2D eigenvalue weighted by atomic mass is 19.1. The maximum atomic E-state index is 14.3. The van der Waals surface area contributed by atoms with Crippen molar-refractivity contribution in [3.63, 3.8) is 0 Å². The predicted molar refractivity (Wildman–Crippen MR) is 132 cm³/mol. The van der Waals surface area contributed by atoms with E-state index in [0.717, 1.165) is 42.6 Å². The van der Waals surface area contributed by atoms with Crippen molar-refractivity contribution in [1.29, 1.82) is 0 Å². The largest absolute Gasteiger partial charge is 0.453 e. The van der Waals surface area contributed by atoms with Crippen LogP contribution in [0.4, 0.5) is 14.9 Å². The highest BCUT2D eigenvalue weighted by Gasteiger charge is 2.38. The molecule has 2 aromatic carbocycles. The lowest BCUT2D eigenvalue weighted by molar-refractivity contribution is -0.128. The molecule has 0 bridgehead atoms. The number of aryl methyl sites for hydroxylation is 1. The molecule has 7 nitrogen and oxygen atoms in total. The number of anilines is 1. The van der Waals surface area contributed by atoms with E-state index >= 15 is 0 Å². The third kappa shape index (κ3) is 6.18. The van der Waals surface area contributed by atoms with Gasteiger partial charge in [-0.15, -0.1) is 0 Å². The Morgan fingerprint density at radius 3 is 2.37 bits per heavy atom. The minimum Gasteiger partial charge on any atom is -0.453 e. The van der Waals surface area contributed by atoms with Gasteiger partial charge in [0.1, 0.15) is 17.9 Å². The van der Waals surface area contributed by atoms with Crippen LogP contribution in [0.15, 0.2) is 48.5 Å². The zero-order chi connectivity index (χ0) is 25.5. The Morgan fingerprint density at radius 2 is 1.74 bits per heavy atom. The van der Waals surface area contributed by atoms with Crippen molar-refractivity contribution in [2.75, 3.05) is 19.1 Å². The van der Waals surface area contributed by atoms with Crippen LogP contribution in [0.5, 0.6) is 0 Å². The predicted octanol–water partition coefficient (Wildman–Crippen LogP) is 4.74. The van der Waals surface area contributed by atoms with Crippen LogP contribution in [0.1, 0.15) is 56.2 Å². The Labute approximate surface area is 206 Å². The zero-order valence-corrected chi connectivity index (χ0v) is 20.8. The molecule has 0 aromatic heterocycles. The summed E-state index contributed by atoms with van der Waals surface area (Å²) in [6.45, 7) is 3.42. The van der Waals surface area contributed by atoms with E-state index in [1.807, 2.05) is 25.1 Å². The van der Waals surface area contributed by atoms with E-state index in [0.29, 0.717) is 5.56 Å². The van der Waals surface area contributed by atoms with Gasteiger partial charge in [-0.05, 0) is 56.0 Å². The molecule has 2 aromatic rings. The summed E-state index contributed by atoms with van der Waals surface area (Å²) in [4.78, 5) is 42.4. The van der Waals surface area contributed by atoms with Crippen LogP contribution in [0.25, 0.3) is 0 Å². The van der Waals surface area contributed by atoms with Gasteiger partial charge in [0.25, 0.3) is 5.91 Å². The lowest BCUT2D eigenvalue weighted by Crippen LogP contribution is -2.53. The second kappa shape index (κ2) is 11.8. The maximum absolute atomic E-state index is 14.3. The third-order valence-electron chi connectivity index (χ3n) is 6.67. The Hall–Kier alpha value is -3.42. The second-order valence-corrected chi connectivity index (χ2v) is 9.05. The molecule has 1 saturated carbocycles. The maximum Gasteiger partial charge on any atom is 0.409 e. The van der Waals surface area contributed by atoms with Crippen LogP contribution in [-0.4, -0.2) is 49.0 Å². The van der Waals surface area contributed by atoms with Gasteiger partial charge in [-0.3, -0.25) is 19.4 Å². The molecule has 0 spiro atoms. The number of benzene rings is 2. The van der Waals surface area contributed by atoms with Crippen LogP contribution in [-0.2, 0) is 14.3 Å². The van der Waals surface area contributed by atoms with Gasteiger partial charge in [-0.25, -0.2) is 9.18 Å². The molecular formula is C27H34FN3O4. The van der Waals surface area contributed by atoms with E-state index in [1.54, 1.807) is 19.1 Å². The van der Waals surface area contributed by atoms with Crippen LogP contribution >= 0.6 is 0 Å². The van der Waals surface area contributed by atoms with Crippen molar-refractivity contribution in [3.05, 3.63) is 65.5 Å². The van der Waals surface area contributed by atoms with Gasteiger partial charge in [0.15, 0.2) is 0 Å². The molecule has 2 atom stereocenters. The molecule has 35 heavy (non-hydrogen) atoms. The van der Waals surface area contributed by atoms with Crippen molar-refractivity contribution in [2.45, 2.75) is 64.1 Å². The summed E-state index contributed by atoms with van der Waals surface area (Å²) in [5.74, 6) is -1.40. The van der Waals surface area contributed by atoms with E-state index in [9.17, 15) is 18.8 Å². The summed E-state index contributed by atoms with van der Waals surface area (Å²) in [6, 6.07) is 10.9. The lowest BCUT2D eigenvalue weighted by Gasteiger charge is -2.36. The quantitative estimate of drug-likeness (QED) is 0.617. The zero-order valence-electron chi connectivity index (χ0n) is 20.8. The van der Waals surface area contributed by atoms with Crippen molar-refractivity contribution >= 4 is 23.6 Å². The van der Waals surface area contributed by atoms with Gasteiger partial charge in [-0.1, -0.05) is 49.6 Å². The normalized spacial score (nSPS) is 15.6. The number of rotatable bonds is 7. The number of nitrogens with zero attached hydrogens (tertiary/aromatic N) is 2. The number of amides is 3. The minimum atomic E-state index is -1.05. The minimum absolute atomic E-state index is 0.0161. The Balaban J connectivity index is 2.11. The SMILES string of the molecule is COC(=O)N(C)C(C)C(=O)N(c1cccc(F)c1)C(C(=O)NC1CCCCC1)c1ccccc1C. The first-order chi connectivity index (χ1) is 16.7. The van der Waals surface area contributed by atoms with E-state index in [2.05, 4.69) is 5.32 Å². The summed E-state index contributed by atoms with van der Waals surface area (Å²) in [5, 5.41) is 3.13. The molecule has 0 radical (unpaired) electrons. The molecule has 8 heteroatoms. The molecule has 1 aliphatic carbocycles. The molecule has 3 amide bonds. The number of carbonyl (C=O) groups is 3. The average molecular weight is 484 g/mol. The molecular weight excluding hydrogens is 449 g/mol. The van der Waals surface area contributed by atoms with Crippen LogP contribution in [0, 0.1) is 12.7 Å². The summed E-state index contributed by atoms with van der Waals surface area (Å²) in [5.41, 5.74) is 1.68. The number of halogens is 1. The first kappa shape index (κ1) is 26.2. The highest BCUT2D eigenvalue weighted by molar-refractivity contribution is 6.04. The fourth-order valence-electron chi connectivity index (χ4n) is 4.52. The number of hydrogen-bond acceptors (Lipinski definition) is 4. The van der Waals surface area contributed by atoms with E-state index in [1.165, 1.54) is 37.3 Å². The molecule has 1 aliphatic rings. The molecule has 0 heterocycles. The average Bonchev–Trinajstić information content (AvgIpc) is 2.86. The fraction of sp³-hybridized carbons (Fsp3) is 0.444. The standard InChI is InChI=1S/C27H34FN3O4/c1-18-11-8-9-16-23(18)24(25(32)29-21-13-6-5-7-14-21)31(22-15-10-12-20(28)17-22)26(33)19(2)30(3)27(34)35-4/h8-12,15-17,19,21,24H,5-7,13-14H2,1-4H3,(H,29,32). The van der Waals surface area contributed by atoms with Crippen molar-refractivity contribution < 1.29 is 23.5 Å². The monoisotopic (exact) mass is 483 g/mol. The topological polar surface area (TPSA) is 79.0 Å². The van der Waals surface area contributed by atoms with Gasteiger partial charge < -0.3 is 10.1 Å². The number of hydrogen-bond donors (Lipinski definition) is 1. The number of carbonyl (C=O) groups excluding carboxylic acids is 3. The van der Waals surface area contributed by atoms with Crippen molar-refractivity contribution in [2.24, 2.45) is 0 Å². The molecule has 1 fully saturated rings. The van der Waals surface area contributed by atoms with Crippen molar-refractivity contribution in [1.82, 2.24) is 10.2 Å². The number of likely N-dealkylation sites (N-methyl/N-ethyl adjacent to an activating group) is 1. The summed E-state index contributed by atoms with van der Waals surface area (Å²) in [7, 11) is 2.68. The summed E-state index contributed by atoms with van der Waals surface area (Å²) >= 11 is 0. The van der Waals surface area contributed by atoms with Crippen LogP contribution in [0.2, 0.25) is 0 Å². The van der Waals surface area contributed by atoms with Gasteiger partial charge in [0.2, 0.25) is 5.91 Å². The van der Waals surface area contributed by atoms with E-state index in [4.69, 9.17) is 4.74 Å². The van der Waals surface area contributed by atoms with Gasteiger partial charge in [-0.2, -0.15) is 0 Å². The van der Waals surface area contributed by atoms with Crippen LogP contribution < -0.4 is 10.2 Å². The number of nitrogens with one attached hydrogen (secondary N) is 1. The Bertz CT molecular complexity index is 1050. The highest BCUT2D eigenvalue weighted by Crippen LogP contribution is 2.32. The first-order valence-electron chi connectivity index (χ1n) is 12.0.